The average molecular weight is 216 g/mol. The summed E-state index contributed by atoms with van der Waals surface area (Å²) in [5.74, 6) is -2.60. The Morgan fingerprint density at radius 2 is 1.87 bits per heavy atom. The predicted octanol–water partition coefficient (Wildman–Crippen LogP) is 0.708. The molecule has 1 atom stereocenters. The second-order valence-electron chi connectivity index (χ2n) is 3.19. The van der Waals surface area contributed by atoms with Crippen LogP contribution in [0.5, 0.6) is 0 Å². The van der Waals surface area contributed by atoms with E-state index in [4.69, 9.17) is 4.74 Å². The SMILES string of the molecule is CCCC(=O)OCC(C)C(=O)C(=O)OC. The van der Waals surface area contributed by atoms with Crippen molar-refractivity contribution in [3.05, 3.63) is 0 Å². The summed E-state index contributed by atoms with van der Waals surface area (Å²) in [6, 6.07) is 0. The normalized spacial score (nSPS) is 11.7. The Labute approximate surface area is 88.7 Å². The summed E-state index contributed by atoms with van der Waals surface area (Å²) in [4.78, 5) is 32.9. The molecule has 0 spiro atoms. The first-order chi connectivity index (χ1) is 7.02. The molecule has 0 radical (unpaired) electrons. The Morgan fingerprint density at radius 1 is 1.27 bits per heavy atom. The molecule has 0 aromatic rings. The third-order valence-corrected chi connectivity index (χ3v) is 1.78. The summed E-state index contributed by atoms with van der Waals surface area (Å²) in [5, 5.41) is 0. The minimum Gasteiger partial charge on any atom is -0.465 e. The smallest absolute Gasteiger partial charge is 0.374 e. The molecule has 1 unspecified atom stereocenters. The van der Waals surface area contributed by atoms with Crippen molar-refractivity contribution in [3.63, 3.8) is 0 Å². The number of carbonyl (C=O) groups excluding carboxylic acids is 3. The first-order valence-corrected chi connectivity index (χ1v) is 4.80. The first-order valence-electron chi connectivity index (χ1n) is 4.80. The quantitative estimate of drug-likeness (QED) is 0.483. The summed E-state index contributed by atoms with van der Waals surface area (Å²) in [7, 11) is 1.13. The van der Waals surface area contributed by atoms with Crippen LogP contribution in [0.15, 0.2) is 0 Å². The number of rotatable bonds is 6. The molecule has 0 aliphatic rings. The van der Waals surface area contributed by atoms with Gasteiger partial charge in [0, 0.05) is 6.42 Å². The number of ketones is 1. The fraction of sp³-hybridized carbons (Fsp3) is 0.700. The molecule has 0 saturated carbocycles. The van der Waals surface area contributed by atoms with Gasteiger partial charge in [-0.2, -0.15) is 0 Å². The van der Waals surface area contributed by atoms with Gasteiger partial charge in [0.1, 0.15) is 6.61 Å². The van der Waals surface area contributed by atoms with Gasteiger partial charge in [-0.1, -0.05) is 13.8 Å². The van der Waals surface area contributed by atoms with Crippen LogP contribution in [0, 0.1) is 5.92 Å². The largest absolute Gasteiger partial charge is 0.465 e. The first kappa shape index (κ1) is 13.6. The van der Waals surface area contributed by atoms with Gasteiger partial charge in [0.25, 0.3) is 0 Å². The maximum absolute atomic E-state index is 11.2. The molecule has 86 valence electrons. The van der Waals surface area contributed by atoms with Crippen molar-refractivity contribution in [1.29, 1.82) is 0 Å². The Balaban J connectivity index is 3.93. The summed E-state index contributed by atoms with van der Waals surface area (Å²) in [5.41, 5.74) is 0. The summed E-state index contributed by atoms with van der Waals surface area (Å²) < 4.78 is 9.05. The third-order valence-electron chi connectivity index (χ3n) is 1.78. The van der Waals surface area contributed by atoms with Crippen LogP contribution in [0.4, 0.5) is 0 Å². The van der Waals surface area contributed by atoms with Crippen molar-refractivity contribution < 1.29 is 23.9 Å². The molecule has 15 heavy (non-hydrogen) atoms. The van der Waals surface area contributed by atoms with Crippen molar-refractivity contribution in [2.24, 2.45) is 5.92 Å². The molecule has 0 N–H and O–H groups in total. The zero-order chi connectivity index (χ0) is 11.8. The van der Waals surface area contributed by atoms with Gasteiger partial charge in [-0.3, -0.25) is 9.59 Å². The van der Waals surface area contributed by atoms with Crippen LogP contribution in [-0.4, -0.2) is 31.4 Å². The van der Waals surface area contributed by atoms with Crippen LogP contribution >= 0.6 is 0 Å². The number of carbonyl (C=O) groups is 3. The molecule has 0 aliphatic carbocycles. The van der Waals surface area contributed by atoms with E-state index in [1.54, 1.807) is 0 Å². The van der Waals surface area contributed by atoms with Crippen LogP contribution in [0.1, 0.15) is 26.7 Å². The lowest BCUT2D eigenvalue weighted by molar-refractivity contribution is -0.156. The van der Waals surface area contributed by atoms with Crippen molar-refractivity contribution in [2.75, 3.05) is 13.7 Å². The molecule has 5 nitrogen and oxygen atoms in total. The van der Waals surface area contributed by atoms with Crippen LogP contribution in [0.3, 0.4) is 0 Å². The Kier molecular flexibility index (Phi) is 6.33. The number of hydrogen-bond donors (Lipinski definition) is 0. The van der Waals surface area contributed by atoms with E-state index in [2.05, 4.69) is 4.74 Å². The van der Waals surface area contributed by atoms with Gasteiger partial charge in [0.2, 0.25) is 5.78 Å². The van der Waals surface area contributed by atoms with Crippen LogP contribution in [0.2, 0.25) is 0 Å². The highest BCUT2D eigenvalue weighted by Gasteiger charge is 2.22. The van der Waals surface area contributed by atoms with Gasteiger partial charge < -0.3 is 9.47 Å². The summed E-state index contributed by atoms with van der Waals surface area (Å²) in [6.45, 7) is 3.29. The second-order valence-corrected chi connectivity index (χ2v) is 3.19. The number of ether oxygens (including phenoxy) is 2. The van der Waals surface area contributed by atoms with Crippen LogP contribution < -0.4 is 0 Å². The minimum atomic E-state index is -0.908. The molecule has 0 aromatic heterocycles. The van der Waals surface area contributed by atoms with Crippen molar-refractivity contribution in [1.82, 2.24) is 0 Å². The fourth-order valence-corrected chi connectivity index (χ4v) is 0.872. The van der Waals surface area contributed by atoms with Crippen LogP contribution in [-0.2, 0) is 23.9 Å². The summed E-state index contributed by atoms with van der Waals surface area (Å²) >= 11 is 0. The lowest BCUT2D eigenvalue weighted by Crippen LogP contribution is -2.27. The molecule has 0 aromatic carbocycles. The zero-order valence-corrected chi connectivity index (χ0v) is 9.24. The van der Waals surface area contributed by atoms with E-state index in [-0.39, 0.29) is 12.6 Å². The summed E-state index contributed by atoms with van der Waals surface area (Å²) in [6.07, 6.45) is 1.01. The fourth-order valence-electron chi connectivity index (χ4n) is 0.872. The van der Waals surface area contributed by atoms with Gasteiger partial charge >= 0.3 is 11.9 Å². The molecular formula is C10H16O5. The van der Waals surface area contributed by atoms with E-state index in [0.717, 1.165) is 7.11 Å². The van der Waals surface area contributed by atoms with Crippen LogP contribution in [0.25, 0.3) is 0 Å². The Hall–Kier alpha value is -1.39. The number of hydrogen-bond acceptors (Lipinski definition) is 5. The van der Waals surface area contributed by atoms with Crippen molar-refractivity contribution in [2.45, 2.75) is 26.7 Å². The standard InChI is InChI=1S/C10H16O5/c1-4-5-8(11)15-6-7(2)9(12)10(13)14-3/h7H,4-6H2,1-3H3. The molecular weight excluding hydrogens is 200 g/mol. The minimum absolute atomic E-state index is 0.0766. The van der Waals surface area contributed by atoms with Gasteiger partial charge in [0.05, 0.1) is 13.0 Å². The molecule has 0 heterocycles. The molecule has 0 fully saturated rings. The lowest BCUT2D eigenvalue weighted by Gasteiger charge is -2.09. The molecule has 0 rings (SSSR count). The zero-order valence-electron chi connectivity index (χ0n) is 9.24. The number of Topliss-reactive ketones (excluding diaryl/α,β-unsaturated/α-hetero) is 1. The Bertz CT molecular complexity index is 246. The van der Waals surface area contributed by atoms with Crippen molar-refractivity contribution in [3.8, 4) is 0 Å². The number of methoxy groups -OCH3 is 1. The predicted molar refractivity (Wildman–Crippen MR) is 52.1 cm³/mol. The molecule has 0 saturated heterocycles. The van der Waals surface area contributed by atoms with Gasteiger partial charge in [-0.15, -0.1) is 0 Å². The third kappa shape index (κ3) is 5.15. The maximum Gasteiger partial charge on any atom is 0.374 e. The topological polar surface area (TPSA) is 69.7 Å². The highest BCUT2D eigenvalue weighted by molar-refractivity contribution is 6.34. The van der Waals surface area contributed by atoms with E-state index >= 15 is 0 Å². The second kappa shape index (κ2) is 6.98. The highest BCUT2D eigenvalue weighted by atomic mass is 16.5. The number of esters is 2. The van der Waals surface area contributed by atoms with Crippen molar-refractivity contribution >= 4 is 17.7 Å². The molecule has 0 aliphatic heterocycles. The molecule has 0 bridgehead atoms. The average Bonchev–Trinajstić information content (AvgIpc) is 2.24. The monoisotopic (exact) mass is 216 g/mol. The van der Waals surface area contributed by atoms with E-state index in [1.165, 1.54) is 6.92 Å². The van der Waals surface area contributed by atoms with E-state index < -0.39 is 17.7 Å². The highest BCUT2D eigenvalue weighted by Crippen LogP contribution is 2.01. The van der Waals surface area contributed by atoms with Gasteiger partial charge in [-0.25, -0.2) is 4.79 Å². The lowest BCUT2D eigenvalue weighted by atomic mass is 10.1. The molecule has 5 heteroatoms. The molecule has 0 amide bonds. The van der Waals surface area contributed by atoms with Gasteiger partial charge in [-0.05, 0) is 6.42 Å². The maximum atomic E-state index is 11.2. The van der Waals surface area contributed by atoms with E-state index in [0.29, 0.717) is 12.8 Å². The van der Waals surface area contributed by atoms with E-state index in [1.807, 2.05) is 6.92 Å². The van der Waals surface area contributed by atoms with E-state index in [9.17, 15) is 14.4 Å². The van der Waals surface area contributed by atoms with Gasteiger partial charge in [0.15, 0.2) is 0 Å². The Morgan fingerprint density at radius 3 is 2.33 bits per heavy atom.